The fourth-order valence-corrected chi connectivity index (χ4v) is 2.36. The fourth-order valence-electron chi connectivity index (χ4n) is 1.68. The normalized spacial score (nSPS) is 10.1. The molecular formula is C15H17N3O3S. The summed E-state index contributed by atoms with van der Waals surface area (Å²) in [4.78, 5) is 27.9. The largest absolute Gasteiger partial charge is 0.497 e. The van der Waals surface area contributed by atoms with Crippen LogP contribution < -0.4 is 15.4 Å². The number of rotatable bonds is 6. The van der Waals surface area contributed by atoms with E-state index in [1.165, 1.54) is 11.3 Å². The van der Waals surface area contributed by atoms with Crippen molar-refractivity contribution < 1.29 is 14.3 Å². The van der Waals surface area contributed by atoms with Gasteiger partial charge in [-0.25, -0.2) is 4.98 Å². The maximum atomic E-state index is 12.1. The minimum Gasteiger partial charge on any atom is -0.497 e. The Bertz CT molecular complexity index is 652. The average Bonchev–Trinajstić information content (AvgIpc) is 3.01. The van der Waals surface area contributed by atoms with E-state index in [-0.39, 0.29) is 11.8 Å². The summed E-state index contributed by atoms with van der Waals surface area (Å²) >= 11 is 1.21. The van der Waals surface area contributed by atoms with Crippen LogP contribution in [0.1, 0.15) is 34.2 Å². The first kappa shape index (κ1) is 16.0. The summed E-state index contributed by atoms with van der Waals surface area (Å²) in [5, 5.41) is 7.42. The highest BCUT2D eigenvalue weighted by Crippen LogP contribution is 2.17. The number of carbonyl (C=O) groups is 2. The Morgan fingerprint density at radius 2 is 1.95 bits per heavy atom. The molecule has 22 heavy (non-hydrogen) atoms. The summed E-state index contributed by atoms with van der Waals surface area (Å²) in [5.41, 5.74) is 0.802. The second-order valence-corrected chi connectivity index (χ2v) is 5.33. The number of hydrogen-bond donors (Lipinski definition) is 2. The van der Waals surface area contributed by atoms with Gasteiger partial charge in [0.05, 0.1) is 7.11 Å². The summed E-state index contributed by atoms with van der Waals surface area (Å²) in [6.45, 7) is 2.58. The molecule has 0 saturated heterocycles. The van der Waals surface area contributed by atoms with Crippen molar-refractivity contribution >= 4 is 28.3 Å². The van der Waals surface area contributed by atoms with Gasteiger partial charge < -0.3 is 10.1 Å². The van der Waals surface area contributed by atoms with Crippen LogP contribution in [0.25, 0.3) is 0 Å². The van der Waals surface area contributed by atoms with E-state index < -0.39 is 0 Å². The van der Waals surface area contributed by atoms with Crippen molar-refractivity contribution in [2.75, 3.05) is 19.0 Å². The maximum absolute atomic E-state index is 12.1. The number of nitrogens with one attached hydrogen (secondary N) is 2. The zero-order chi connectivity index (χ0) is 15.9. The lowest BCUT2D eigenvalue weighted by molar-refractivity contribution is 0.0948. The van der Waals surface area contributed by atoms with E-state index in [9.17, 15) is 9.59 Å². The Morgan fingerprint density at radius 1 is 1.23 bits per heavy atom. The quantitative estimate of drug-likeness (QED) is 0.857. The molecule has 1 aromatic heterocycles. The second-order valence-electron chi connectivity index (χ2n) is 4.48. The molecule has 2 aromatic rings. The molecule has 0 aliphatic heterocycles. The third-order valence-corrected chi connectivity index (χ3v) is 3.60. The molecule has 0 saturated carbocycles. The number of hydrogen-bond acceptors (Lipinski definition) is 5. The van der Waals surface area contributed by atoms with E-state index in [0.717, 1.165) is 6.42 Å². The minimum atomic E-state index is -0.280. The molecule has 2 amide bonds. The highest BCUT2D eigenvalue weighted by molar-refractivity contribution is 7.14. The molecule has 0 radical (unpaired) electrons. The molecule has 0 unspecified atom stereocenters. The number of aromatic nitrogens is 1. The highest BCUT2D eigenvalue weighted by atomic mass is 32.1. The lowest BCUT2D eigenvalue weighted by atomic mass is 10.2. The number of thiazole rings is 1. The number of amides is 2. The van der Waals surface area contributed by atoms with E-state index >= 15 is 0 Å². The van der Waals surface area contributed by atoms with E-state index in [2.05, 4.69) is 15.6 Å². The molecule has 6 nitrogen and oxygen atoms in total. The predicted molar refractivity (Wildman–Crippen MR) is 85.7 cm³/mol. The van der Waals surface area contributed by atoms with Crippen LogP contribution in [0.5, 0.6) is 5.75 Å². The van der Waals surface area contributed by atoms with Gasteiger partial charge in [0.2, 0.25) is 0 Å². The Morgan fingerprint density at radius 3 is 2.59 bits per heavy atom. The zero-order valence-corrected chi connectivity index (χ0v) is 13.2. The summed E-state index contributed by atoms with van der Waals surface area (Å²) < 4.78 is 5.04. The van der Waals surface area contributed by atoms with Crippen LogP contribution in [0.3, 0.4) is 0 Å². The molecule has 1 heterocycles. The Balaban J connectivity index is 1.99. The first-order chi connectivity index (χ1) is 10.6. The molecule has 0 aliphatic rings. The Labute approximate surface area is 132 Å². The highest BCUT2D eigenvalue weighted by Gasteiger charge is 2.12. The smallest absolute Gasteiger partial charge is 0.270 e. The van der Waals surface area contributed by atoms with Gasteiger partial charge in [-0.1, -0.05) is 6.92 Å². The van der Waals surface area contributed by atoms with Crippen molar-refractivity contribution in [3.05, 3.63) is 40.9 Å². The van der Waals surface area contributed by atoms with Crippen LogP contribution in [0.2, 0.25) is 0 Å². The van der Waals surface area contributed by atoms with Crippen LogP contribution in [0.15, 0.2) is 29.6 Å². The van der Waals surface area contributed by atoms with E-state index in [1.807, 2.05) is 6.92 Å². The van der Waals surface area contributed by atoms with Crippen molar-refractivity contribution in [3.63, 3.8) is 0 Å². The number of ether oxygens (including phenoxy) is 1. The summed E-state index contributed by atoms with van der Waals surface area (Å²) in [6, 6.07) is 6.74. The van der Waals surface area contributed by atoms with Gasteiger partial charge in [-0.2, -0.15) is 0 Å². The summed E-state index contributed by atoms with van der Waals surface area (Å²) in [5.74, 6) is 0.168. The fraction of sp³-hybridized carbons (Fsp3) is 0.267. The SMILES string of the molecule is CCCNC(=O)c1csc(NC(=O)c2ccc(OC)cc2)n1. The minimum absolute atomic E-state index is 0.233. The van der Waals surface area contributed by atoms with Crippen LogP contribution in [-0.2, 0) is 0 Å². The zero-order valence-electron chi connectivity index (χ0n) is 12.4. The molecule has 0 atom stereocenters. The predicted octanol–water partition coefficient (Wildman–Crippen LogP) is 2.54. The van der Waals surface area contributed by atoms with Crippen molar-refractivity contribution in [2.45, 2.75) is 13.3 Å². The van der Waals surface area contributed by atoms with E-state index in [0.29, 0.717) is 28.7 Å². The first-order valence-corrected chi connectivity index (χ1v) is 7.71. The van der Waals surface area contributed by atoms with Gasteiger partial charge >= 0.3 is 0 Å². The molecular weight excluding hydrogens is 302 g/mol. The number of carbonyl (C=O) groups excluding carboxylic acids is 2. The molecule has 0 fully saturated rings. The lowest BCUT2D eigenvalue weighted by Gasteiger charge is -2.03. The van der Waals surface area contributed by atoms with Gasteiger partial charge in [0.1, 0.15) is 11.4 Å². The van der Waals surface area contributed by atoms with E-state index in [4.69, 9.17) is 4.74 Å². The van der Waals surface area contributed by atoms with Crippen LogP contribution >= 0.6 is 11.3 Å². The van der Waals surface area contributed by atoms with Crippen LogP contribution in [0, 0.1) is 0 Å². The Hall–Kier alpha value is -2.41. The first-order valence-electron chi connectivity index (χ1n) is 6.83. The topological polar surface area (TPSA) is 80.3 Å². The molecule has 7 heteroatoms. The lowest BCUT2D eigenvalue weighted by Crippen LogP contribution is -2.24. The van der Waals surface area contributed by atoms with Gasteiger partial charge in [-0.05, 0) is 30.7 Å². The van der Waals surface area contributed by atoms with Gasteiger partial charge in [0.25, 0.3) is 11.8 Å². The summed E-state index contributed by atoms with van der Waals surface area (Å²) in [6.07, 6.45) is 0.858. The third-order valence-electron chi connectivity index (χ3n) is 2.85. The monoisotopic (exact) mass is 319 g/mol. The van der Waals surface area contributed by atoms with Crippen molar-refractivity contribution in [1.82, 2.24) is 10.3 Å². The van der Waals surface area contributed by atoms with Gasteiger partial charge in [-0.3, -0.25) is 14.9 Å². The van der Waals surface area contributed by atoms with E-state index in [1.54, 1.807) is 36.8 Å². The number of methoxy groups -OCH3 is 1. The standard InChI is InChI=1S/C15H17N3O3S/c1-3-8-16-14(20)12-9-22-15(17-12)18-13(19)10-4-6-11(21-2)7-5-10/h4-7,9H,3,8H2,1-2H3,(H,16,20)(H,17,18,19). The van der Waals surface area contributed by atoms with Crippen LogP contribution in [0.4, 0.5) is 5.13 Å². The Kier molecular flexibility index (Phi) is 5.48. The average molecular weight is 319 g/mol. The van der Waals surface area contributed by atoms with Crippen LogP contribution in [-0.4, -0.2) is 30.5 Å². The summed E-state index contributed by atoms with van der Waals surface area (Å²) in [7, 11) is 1.57. The molecule has 0 aliphatic carbocycles. The molecule has 2 rings (SSSR count). The number of anilines is 1. The molecule has 2 N–H and O–H groups in total. The molecule has 0 spiro atoms. The van der Waals surface area contributed by atoms with Crippen molar-refractivity contribution in [1.29, 1.82) is 0 Å². The van der Waals surface area contributed by atoms with Gasteiger partial charge in [-0.15, -0.1) is 11.3 Å². The second kappa shape index (κ2) is 7.56. The number of benzene rings is 1. The van der Waals surface area contributed by atoms with Gasteiger partial charge in [0, 0.05) is 17.5 Å². The molecule has 1 aromatic carbocycles. The van der Waals surface area contributed by atoms with Crippen molar-refractivity contribution in [3.8, 4) is 5.75 Å². The maximum Gasteiger partial charge on any atom is 0.270 e. The third kappa shape index (κ3) is 4.05. The molecule has 116 valence electrons. The van der Waals surface area contributed by atoms with Crippen molar-refractivity contribution in [2.24, 2.45) is 0 Å². The number of nitrogens with zero attached hydrogens (tertiary/aromatic N) is 1. The van der Waals surface area contributed by atoms with Gasteiger partial charge in [0.15, 0.2) is 5.13 Å². The molecule has 0 bridgehead atoms.